The van der Waals surface area contributed by atoms with E-state index in [1.807, 2.05) is 23.8 Å². The van der Waals surface area contributed by atoms with E-state index >= 15 is 0 Å². The second-order valence-corrected chi connectivity index (χ2v) is 9.93. The highest BCUT2D eigenvalue weighted by Gasteiger charge is 2.26. The molecule has 190 valence electrons. The third kappa shape index (κ3) is 5.26. The summed E-state index contributed by atoms with van der Waals surface area (Å²) in [6.07, 6.45) is 1.25. The van der Waals surface area contributed by atoms with Gasteiger partial charge in [0.05, 0.1) is 5.69 Å². The van der Waals surface area contributed by atoms with Gasteiger partial charge in [0.15, 0.2) is 16.5 Å². The van der Waals surface area contributed by atoms with Gasteiger partial charge in [-0.1, -0.05) is 23.8 Å². The first-order valence-electron chi connectivity index (χ1n) is 10.9. The SMILES string of the molecule is Cc1cc(C)c(Oc2nc(-c3cccc(F)c3F)ccc2C(=O)NS(=O)(=O)c2ccc[nH]c2=O)c(C)c1. The summed E-state index contributed by atoms with van der Waals surface area (Å²) in [4.78, 5) is 30.9. The van der Waals surface area contributed by atoms with E-state index in [1.54, 1.807) is 13.8 Å². The molecule has 1 amide bonds. The van der Waals surface area contributed by atoms with Gasteiger partial charge in [-0.2, -0.15) is 0 Å². The summed E-state index contributed by atoms with van der Waals surface area (Å²) >= 11 is 0. The Morgan fingerprint density at radius 2 is 1.70 bits per heavy atom. The largest absolute Gasteiger partial charge is 0.438 e. The number of sulfonamides is 1. The van der Waals surface area contributed by atoms with Crippen LogP contribution < -0.4 is 15.0 Å². The number of aromatic nitrogens is 2. The van der Waals surface area contributed by atoms with Crippen LogP contribution in [0.3, 0.4) is 0 Å². The molecule has 37 heavy (non-hydrogen) atoms. The molecular weight excluding hydrogens is 504 g/mol. The molecule has 0 saturated carbocycles. The molecule has 0 radical (unpaired) electrons. The third-order valence-electron chi connectivity index (χ3n) is 5.43. The Labute approximate surface area is 211 Å². The van der Waals surface area contributed by atoms with E-state index in [4.69, 9.17) is 4.74 Å². The zero-order valence-electron chi connectivity index (χ0n) is 19.9. The molecule has 8 nitrogen and oxygen atoms in total. The van der Waals surface area contributed by atoms with Crippen LogP contribution in [0, 0.1) is 32.4 Å². The van der Waals surface area contributed by atoms with E-state index in [0.29, 0.717) is 16.9 Å². The highest BCUT2D eigenvalue weighted by molar-refractivity contribution is 7.90. The van der Waals surface area contributed by atoms with Crippen molar-refractivity contribution in [3.63, 3.8) is 0 Å². The lowest BCUT2D eigenvalue weighted by Crippen LogP contribution is -2.34. The first-order chi connectivity index (χ1) is 17.5. The lowest BCUT2D eigenvalue weighted by molar-refractivity contribution is 0.0978. The van der Waals surface area contributed by atoms with Crippen LogP contribution in [0.15, 0.2) is 70.5 Å². The molecule has 2 aromatic carbocycles. The number of aromatic amines is 1. The summed E-state index contributed by atoms with van der Waals surface area (Å²) in [6, 6.07) is 12.0. The van der Waals surface area contributed by atoms with E-state index in [1.165, 1.54) is 36.5 Å². The molecule has 11 heteroatoms. The summed E-state index contributed by atoms with van der Waals surface area (Å²) in [5, 5.41) is 0. The maximum Gasteiger partial charge on any atom is 0.270 e. The summed E-state index contributed by atoms with van der Waals surface area (Å²) < 4.78 is 61.6. The zero-order chi connectivity index (χ0) is 26.9. The quantitative estimate of drug-likeness (QED) is 0.381. The first kappa shape index (κ1) is 25.7. The van der Waals surface area contributed by atoms with Crippen molar-refractivity contribution in [1.29, 1.82) is 0 Å². The Hall–Kier alpha value is -4.38. The van der Waals surface area contributed by atoms with Gasteiger partial charge in [0, 0.05) is 11.8 Å². The molecule has 0 atom stereocenters. The van der Waals surface area contributed by atoms with Crippen molar-refractivity contribution < 1.29 is 26.7 Å². The molecule has 0 aliphatic carbocycles. The number of rotatable bonds is 6. The topological polar surface area (TPSA) is 118 Å². The lowest BCUT2D eigenvalue weighted by Gasteiger charge is -2.16. The normalized spacial score (nSPS) is 11.3. The van der Waals surface area contributed by atoms with Crippen LogP contribution in [-0.2, 0) is 10.0 Å². The number of amides is 1. The molecule has 0 spiro atoms. The van der Waals surface area contributed by atoms with Crippen LogP contribution in [0.2, 0.25) is 0 Å². The van der Waals surface area contributed by atoms with E-state index < -0.39 is 38.0 Å². The van der Waals surface area contributed by atoms with Gasteiger partial charge < -0.3 is 9.72 Å². The smallest absolute Gasteiger partial charge is 0.270 e. The maximum absolute atomic E-state index is 14.5. The van der Waals surface area contributed by atoms with Gasteiger partial charge >= 0.3 is 0 Å². The molecule has 2 N–H and O–H groups in total. The average molecular weight is 526 g/mol. The van der Waals surface area contributed by atoms with Gasteiger partial charge in [0.1, 0.15) is 11.3 Å². The van der Waals surface area contributed by atoms with Crippen LogP contribution in [0.25, 0.3) is 11.3 Å². The monoisotopic (exact) mass is 525 g/mol. The van der Waals surface area contributed by atoms with Gasteiger partial charge in [-0.05, 0) is 68.3 Å². The Morgan fingerprint density at radius 3 is 2.38 bits per heavy atom. The standard InChI is InChI=1S/C26H21F2N3O5S/c1-14-12-15(2)23(16(3)13-14)36-26-18(9-10-20(30-26)17-6-4-7-19(27)22(17)28)24(32)31-37(34,35)21-8-5-11-29-25(21)33/h4-13H,1-3H3,(H,29,33)(H,31,32). The number of halogens is 2. The Bertz CT molecular complexity index is 1680. The molecule has 2 heterocycles. The number of aryl methyl sites for hydroxylation is 3. The van der Waals surface area contributed by atoms with Crippen molar-refractivity contribution in [2.75, 3.05) is 0 Å². The highest BCUT2D eigenvalue weighted by Crippen LogP contribution is 2.33. The Kier molecular flexibility index (Phi) is 6.90. The fourth-order valence-corrected chi connectivity index (χ4v) is 4.84. The molecule has 0 saturated heterocycles. The Balaban J connectivity index is 1.82. The van der Waals surface area contributed by atoms with Gasteiger partial charge in [0.2, 0.25) is 5.88 Å². The van der Waals surface area contributed by atoms with Crippen LogP contribution in [-0.4, -0.2) is 24.3 Å². The number of ether oxygens (including phenoxy) is 1. The number of H-pyrrole nitrogens is 1. The molecule has 0 aliphatic rings. The minimum atomic E-state index is -4.56. The van der Waals surface area contributed by atoms with Crippen molar-refractivity contribution in [2.45, 2.75) is 25.7 Å². The van der Waals surface area contributed by atoms with E-state index in [9.17, 15) is 26.8 Å². The molecule has 0 bridgehead atoms. The van der Waals surface area contributed by atoms with Crippen molar-refractivity contribution in [3.8, 4) is 22.9 Å². The van der Waals surface area contributed by atoms with E-state index in [-0.39, 0.29) is 22.7 Å². The summed E-state index contributed by atoms with van der Waals surface area (Å²) in [7, 11) is -4.56. The fourth-order valence-electron chi connectivity index (χ4n) is 3.82. The van der Waals surface area contributed by atoms with Crippen LogP contribution >= 0.6 is 0 Å². The van der Waals surface area contributed by atoms with Gasteiger partial charge in [-0.3, -0.25) is 9.59 Å². The molecule has 2 aromatic heterocycles. The third-order valence-corrected chi connectivity index (χ3v) is 6.79. The van der Waals surface area contributed by atoms with Crippen molar-refractivity contribution in [2.24, 2.45) is 0 Å². The number of carbonyl (C=O) groups is 1. The minimum Gasteiger partial charge on any atom is -0.438 e. The number of pyridine rings is 2. The number of benzene rings is 2. The fraction of sp³-hybridized carbons (Fsp3) is 0.115. The molecule has 0 fully saturated rings. The molecule has 0 aliphatic heterocycles. The van der Waals surface area contributed by atoms with Gasteiger partial charge in [-0.15, -0.1) is 0 Å². The predicted molar refractivity (Wildman–Crippen MR) is 132 cm³/mol. The summed E-state index contributed by atoms with van der Waals surface area (Å²) in [5.41, 5.74) is 0.915. The number of carbonyl (C=O) groups excluding carboxylic acids is 1. The molecule has 4 aromatic rings. The lowest BCUT2D eigenvalue weighted by atomic mass is 10.1. The summed E-state index contributed by atoms with van der Waals surface area (Å²) in [6.45, 7) is 5.44. The maximum atomic E-state index is 14.5. The Morgan fingerprint density at radius 1 is 1.00 bits per heavy atom. The average Bonchev–Trinajstić information content (AvgIpc) is 2.83. The van der Waals surface area contributed by atoms with Crippen LogP contribution in [0.5, 0.6) is 11.6 Å². The molecule has 0 unspecified atom stereocenters. The van der Waals surface area contributed by atoms with E-state index in [0.717, 1.165) is 17.7 Å². The number of hydrogen-bond donors (Lipinski definition) is 2. The number of nitrogens with one attached hydrogen (secondary N) is 2. The van der Waals surface area contributed by atoms with Crippen LogP contribution in [0.1, 0.15) is 27.0 Å². The number of nitrogens with zero attached hydrogens (tertiary/aromatic N) is 1. The number of hydrogen-bond acceptors (Lipinski definition) is 6. The summed E-state index contributed by atoms with van der Waals surface area (Å²) in [5.74, 6) is -3.36. The van der Waals surface area contributed by atoms with Crippen molar-refractivity contribution >= 4 is 15.9 Å². The van der Waals surface area contributed by atoms with Gasteiger partial charge in [0.25, 0.3) is 21.5 Å². The zero-order valence-corrected chi connectivity index (χ0v) is 20.7. The van der Waals surface area contributed by atoms with Crippen molar-refractivity contribution in [1.82, 2.24) is 14.7 Å². The highest BCUT2D eigenvalue weighted by atomic mass is 32.2. The predicted octanol–water partition coefficient (Wildman–Crippen LogP) is 4.55. The van der Waals surface area contributed by atoms with E-state index in [2.05, 4.69) is 9.97 Å². The van der Waals surface area contributed by atoms with Crippen LogP contribution in [0.4, 0.5) is 8.78 Å². The molecular formula is C26H21F2N3O5S. The van der Waals surface area contributed by atoms with Gasteiger partial charge in [-0.25, -0.2) is 26.9 Å². The second-order valence-electron chi connectivity index (χ2n) is 8.28. The van der Waals surface area contributed by atoms with Crippen molar-refractivity contribution in [3.05, 3.63) is 105 Å². The second kappa shape index (κ2) is 9.94. The first-order valence-corrected chi connectivity index (χ1v) is 12.4. The minimum absolute atomic E-state index is 0.0478. The molecule has 4 rings (SSSR count).